The van der Waals surface area contributed by atoms with Gasteiger partial charge in [0.1, 0.15) is 0 Å². The highest BCUT2D eigenvalue weighted by molar-refractivity contribution is 5.63. The van der Waals surface area contributed by atoms with E-state index in [0.29, 0.717) is 0 Å². The lowest BCUT2D eigenvalue weighted by Crippen LogP contribution is -2.29. The van der Waals surface area contributed by atoms with Crippen LogP contribution >= 0.6 is 0 Å². The minimum Gasteiger partial charge on any atom is -0.377 e. The molecule has 0 saturated carbocycles. The van der Waals surface area contributed by atoms with Crippen LogP contribution in [0.25, 0.3) is 0 Å². The van der Waals surface area contributed by atoms with Gasteiger partial charge in [-0.1, -0.05) is 24.3 Å². The molecule has 7 nitrogen and oxygen atoms in total. The van der Waals surface area contributed by atoms with Crippen molar-refractivity contribution in [2.24, 2.45) is 5.92 Å². The molecule has 0 aromatic heterocycles. The summed E-state index contributed by atoms with van der Waals surface area (Å²) < 4.78 is 0. The Kier molecular flexibility index (Phi) is 3.49. The number of nitrogens with zero attached hydrogens (tertiary/aromatic N) is 2. The van der Waals surface area contributed by atoms with E-state index in [4.69, 9.17) is 0 Å². The molecular weight excluding hydrogens is 322 g/mol. The van der Waals surface area contributed by atoms with Crippen LogP contribution in [0.2, 0.25) is 0 Å². The van der Waals surface area contributed by atoms with Gasteiger partial charge in [0.15, 0.2) is 0 Å². The van der Waals surface area contributed by atoms with Crippen molar-refractivity contribution in [2.75, 3.05) is 5.32 Å². The van der Waals surface area contributed by atoms with Gasteiger partial charge in [0, 0.05) is 35.9 Å². The zero-order chi connectivity index (χ0) is 17.6. The fourth-order valence-corrected chi connectivity index (χ4v) is 3.83. The summed E-state index contributed by atoms with van der Waals surface area (Å²) in [4.78, 5) is 21.1. The van der Waals surface area contributed by atoms with Gasteiger partial charge in [-0.3, -0.25) is 20.2 Å². The van der Waals surface area contributed by atoms with E-state index in [0.717, 1.165) is 23.2 Å². The highest BCUT2D eigenvalue weighted by atomic mass is 16.6. The number of nitrogens with one attached hydrogen (secondary N) is 1. The lowest BCUT2D eigenvalue weighted by Gasteiger charge is -2.37. The van der Waals surface area contributed by atoms with E-state index in [1.165, 1.54) is 18.2 Å². The quantitative estimate of drug-likeness (QED) is 0.510. The largest absolute Gasteiger partial charge is 0.377 e. The second-order valence-electron chi connectivity index (χ2n) is 6.35. The van der Waals surface area contributed by atoms with Crippen LogP contribution in [-0.2, 0) is 0 Å². The summed E-state index contributed by atoms with van der Waals surface area (Å²) in [5.41, 5.74) is 2.86. The van der Waals surface area contributed by atoms with E-state index in [2.05, 4.69) is 17.5 Å². The Morgan fingerprint density at radius 3 is 2.32 bits per heavy atom. The van der Waals surface area contributed by atoms with Gasteiger partial charge in [-0.25, -0.2) is 0 Å². The maximum absolute atomic E-state index is 11.1. The molecule has 0 amide bonds. The third-order valence-electron chi connectivity index (χ3n) is 5.02. The lowest BCUT2D eigenvalue weighted by molar-refractivity contribution is -0.385. The molecule has 7 heteroatoms. The fraction of sp³-hybridized carbons (Fsp3) is 0.222. The number of fused-ring (bicyclic) bond motifs is 3. The minimum absolute atomic E-state index is 0.0460. The molecule has 1 aliphatic heterocycles. The number of rotatable bonds is 3. The Balaban J connectivity index is 1.74. The van der Waals surface area contributed by atoms with Gasteiger partial charge in [-0.15, -0.1) is 0 Å². The summed E-state index contributed by atoms with van der Waals surface area (Å²) in [6, 6.07) is 11.4. The van der Waals surface area contributed by atoms with E-state index in [-0.39, 0.29) is 29.3 Å². The van der Waals surface area contributed by atoms with Crippen LogP contribution in [0.15, 0.2) is 54.6 Å². The van der Waals surface area contributed by atoms with Crippen LogP contribution < -0.4 is 5.32 Å². The molecule has 1 N–H and O–H groups in total. The molecule has 2 aromatic rings. The lowest BCUT2D eigenvalue weighted by atomic mass is 9.77. The Hall–Kier alpha value is -3.22. The highest BCUT2D eigenvalue weighted by Gasteiger charge is 2.38. The fourth-order valence-electron chi connectivity index (χ4n) is 3.83. The van der Waals surface area contributed by atoms with E-state index in [9.17, 15) is 20.2 Å². The average molecular weight is 337 g/mol. The number of non-ortho nitro benzene ring substituents is 2. The Labute approximate surface area is 143 Å². The van der Waals surface area contributed by atoms with Gasteiger partial charge in [-0.2, -0.15) is 0 Å². The molecule has 0 radical (unpaired) electrons. The zero-order valence-electron chi connectivity index (χ0n) is 13.2. The molecule has 3 atom stereocenters. The summed E-state index contributed by atoms with van der Waals surface area (Å²) in [5.74, 6) is 0.479. The van der Waals surface area contributed by atoms with Gasteiger partial charge in [0.05, 0.1) is 15.9 Å². The van der Waals surface area contributed by atoms with Crippen molar-refractivity contribution in [3.63, 3.8) is 0 Å². The maximum atomic E-state index is 11.1. The van der Waals surface area contributed by atoms with Gasteiger partial charge in [-0.05, 0) is 29.5 Å². The number of allylic oxidation sites excluding steroid dienone is 2. The van der Waals surface area contributed by atoms with E-state index in [1.807, 2.05) is 6.07 Å². The molecule has 25 heavy (non-hydrogen) atoms. The molecule has 0 spiro atoms. The summed E-state index contributed by atoms with van der Waals surface area (Å²) >= 11 is 0. The van der Waals surface area contributed by atoms with Gasteiger partial charge in [0.25, 0.3) is 11.4 Å². The van der Waals surface area contributed by atoms with Crippen LogP contribution in [0.3, 0.4) is 0 Å². The number of nitro benzene ring substituents is 2. The molecule has 0 unspecified atom stereocenters. The van der Waals surface area contributed by atoms with Gasteiger partial charge in [0.2, 0.25) is 0 Å². The number of hydrogen-bond donors (Lipinski definition) is 1. The smallest absolute Gasteiger partial charge is 0.271 e. The number of benzene rings is 2. The Bertz CT molecular complexity index is 892. The van der Waals surface area contributed by atoms with Crippen LogP contribution in [0.5, 0.6) is 0 Å². The van der Waals surface area contributed by atoms with Crippen molar-refractivity contribution in [3.05, 3.63) is 86.0 Å². The normalized spacial score (nSPS) is 23.4. The monoisotopic (exact) mass is 337 g/mol. The molecule has 2 aliphatic rings. The number of nitro groups is 2. The van der Waals surface area contributed by atoms with Crippen molar-refractivity contribution in [1.29, 1.82) is 0 Å². The number of anilines is 1. The summed E-state index contributed by atoms with van der Waals surface area (Å²) in [7, 11) is 0. The maximum Gasteiger partial charge on any atom is 0.271 e. The molecule has 0 fully saturated rings. The predicted octanol–water partition coefficient (Wildman–Crippen LogP) is 4.33. The van der Waals surface area contributed by atoms with Crippen molar-refractivity contribution in [3.8, 4) is 0 Å². The zero-order valence-corrected chi connectivity index (χ0v) is 13.2. The van der Waals surface area contributed by atoms with Crippen LogP contribution in [-0.4, -0.2) is 9.85 Å². The molecule has 1 aliphatic carbocycles. The standard InChI is InChI=1S/C18H15N3O4/c22-20(23)12-6-4-11(5-7-12)18-16-3-1-2-14(16)15-9-8-13(21(24)25)10-17(15)19-18/h1-2,4-10,14,16,18-19H,3H2/t14-,16-,18-/m0/s1. The summed E-state index contributed by atoms with van der Waals surface area (Å²) in [6.07, 6.45) is 5.18. The minimum atomic E-state index is -0.420. The average Bonchev–Trinajstić information content (AvgIpc) is 3.10. The molecular formula is C18H15N3O4. The van der Waals surface area contributed by atoms with Crippen molar-refractivity contribution < 1.29 is 9.85 Å². The first-order chi connectivity index (χ1) is 12.0. The summed E-state index contributed by atoms with van der Waals surface area (Å²) in [6.45, 7) is 0. The first-order valence-corrected chi connectivity index (χ1v) is 8.00. The highest BCUT2D eigenvalue weighted by Crippen LogP contribution is 2.50. The number of hydrogen-bond acceptors (Lipinski definition) is 5. The second-order valence-corrected chi connectivity index (χ2v) is 6.35. The molecule has 126 valence electrons. The van der Waals surface area contributed by atoms with E-state index >= 15 is 0 Å². The third-order valence-corrected chi connectivity index (χ3v) is 5.02. The van der Waals surface area contributed by atoms with E-state index in [1.54, 1.807) is 18.2 Å². The summed E-state index contributed by atoms with van der Waals surface area (Å²) in [5, 5.41) is 25.3. The van der Waals surface area contributed by atoms with Crippen molar-refractivity contribution in [2.45, 2.75) is 18.4 Å². The SMILES string of the molecule is O=[N+]([O-])c1ccc([C@@H]2Nc3cc([N+](=O)[O-])ccc3[C@@H]3C=CC[C@@H]32)cc1. The van der Waals surface area contributed by atoms with Crippen molar-refractivity contribution in [1.82, 2.24) is 0 Å². The Morgan fingerprint density at radius 2 is 1.64 bits per heavy atom. The van der Waals surface area contributed by atoms with Gasteiger partial charge < -0.3 is 5.32 Å². The topological polar surface area (TPSA) is 98.3 Å². The molecule has 4 rings (SSSR count). The van der Waals surface area contributed by atoms with E-state index < -0.39 is 9.85 Å². The second kappa shape index (κ2) is 5.70. The first kappa shape index (κ1) is 15.3. The molecule has 0 bridgehead atoms. The van der Waals surface area contributed by atoms with Crippen LogP contribution in [0.4, 0.5) is 17.1 Å². The first-order valence-electron chi connectivity index (χ1n) is 8.00. The van der Waals surface area contributed by atoms with Crippen LogP contribution in [0, 0.1) is 26.1 Å². The molecule has 2 aromatic carbocycles. The third kappa shape index (κ3) is 2.53. The molecule has 1 heterocycles. The Morgan fingerprint density at radius 1 is 0.960 bits per heavy atom. The predicted molar refractivity (Wildman–Crippen MR) is 92.5 cm³/mol. The van der Waals surface area contributed by atoms with Crippen molar-refractivity contribution >= 4 is 17.1 Å². The van der Waals surface area contributed by atoms with Crippen LogP contribution in [0.1, 0.15) is 29.5 Å². The van der Waals surface area contributed by atoms with Gasteiger partial charge >= 0.3 is 0 Å². The molecule has 0 saturated heterocycles.